The van der Waals surface area contributed by atoms with E-state index in [1.54, 1.807) is 34.6 Å². The molecule has 0 spiro atoms. The van der Waals surface area contributed by atoms with Gasteiger partial charge in [0.05, 0.1) is 17.3 Å². The number of aromatic nitrogens is 2. The summed E-state index contributed by atoms with van der Waals surface area (Å²) < 4.78 is 34.9. The second-order valence-corrected chi connectivity index (χ2v) is 9.88. The van der Waals surface area contributed by atoms with Crippen LogP contribution in [0.1, 0.15) is 5.89 Å². The van der Waals surface area contributed by atoms with E-state index in [1.807, 2.05) is 12.3 Å². The third-order valence-corrected chi connectivity index (χ3v) is 7.23. The SMILES string of the molecule is CSCc1nn(CN2CCN(S(=O)(=O)c3cccc(Br)c3)CC2)c(=S)o1. The molecule has 1 saturated heterocycles. The summed E-state index contributed by atoms with van der Waals surface area (Å²) in [5, 5.41) is 4.36. The van der Waals surface area contributed by atoms with Crippen LogP contribution in [0.25, 0.3) is 0 Å². The molecule has 2 aromatic rings. The first-order valence-corrected chi connectivity index (χ1v) is 12.0. The third kappa shape index (κ3) is 4.57. The molecule has 1 aliphatic heterocycles. The van der Waals surface area contributed by atoms with E-state index in [0.29, 0.717) is 54.2 Å². The predicted octanol–water partition coefficient (Wildman–Crippen LogP) is 2.80. The normalized spacial score (nSPS) is 16.8. The van der Waals surface area contributed by atoms with Gasteiger partial charge in [-0.1, -0.05) is 22.0 Å². The molecular formula is C15H19BrN4O3S3. The fourth-order valence-corrected chi connectivity index (χ4v) is 5.28. The fourth-order valence-electron chi connectivity index (χ4n) is 2.70. The molecule has 0 amide bonds. The maximum absolute atomic E-state index is 12.8. The quantitative estimate of drug-likeness (QED) is 0.590. The topological polar surface area (TPSA) is 71.6 Å². The van der Waals surface area contributed by atoms with Crippen molar-refractivity contribution in [3.8, 4) is 0 Å². The number of piperazine rings is 1. The maximum Gasteiger partial charge on any atom is 0.288 e. The van der Waals surface area contributed by atoms with Gasteiger partial charge in [0.15, 0.2) is 0 Å². The molecule has 1 aliphatic rings. The third-order valence-electron chi connectivity index (χ3n) is 4.02. The van der Waals surface area contributed by atoms with E-state index in [9.17, 15) is 8.42 Å². The molecule has 0 N–H and O–H groups in total. The molecular weight excluding hydrogens is 460 g/mol. The van der Waals surface area contributed by atoms with E-state index in [0.717, 1.165) is 4.47 Å². The van der Waals surface area contributed by atoms with Gasteiger partial charge in [0.2, 0.25) is 15.9 Å². The molecule has 26 heavy (non-hydrogen) atoms. The van der Waals surface area contributed by atoms with Crippen molar-refractivity contribution in [3.63, 3.8) is 0 Å². The summed E-state index contributed by atoms with van der Waals surface area (Å²) in [6, 6.07) is 6.79. The summed E-state index contributed by atoms with van der Waals surface area (Å²) in [4.78, 5) is 2.77. The van der Waals surface area contributed by atoms with Gasteiger partial charge in [-0.3, -0.25) is 4.90 Å². The lowest BCUT2D eigenvalue weighted by Gasteiger charge is -2.33. The number of hydrogen-bond acceptors (Lipinski definition) is 7. The molecule has 0 bridgehead atoms. The van der Waals surface area contributed by atoms with Gasteiger partial charge < -0.3 is 4.42 Å². The summed E-state index contributed by atoms with van der Waals surface area (Å²) in [5.41, 5.74) is 0. The van der Waals surface area contributed by atoms with Gasteiger partial charge in [0, 0.05) is 30.7 Å². The largest absolute Gasteiger partial charge is 0.413 e. The van der Waals surface area contributed by atoms with Crippen molar-refractivity contribution < 1.29 is 12.8 Å². The van der Waals surface area contributed by atoms with E-state index in [4.69, 9.17) is 16.6 Å². The number of nitrogens with zero attached hydrogens (tertiary/aromatic N) is 4. The van der Waals surface area contributed by atoms with Crippen LogP contribution in [-0.4, -0.2) is 59.8 Å². The maximum atomic E-state index is 12.8. The minimum atomic E-state index is -3.48. The van der Waals surface area contributed by atoms with Crippen LogP contribution in [0, 0.1) is 4.84 Å². The number of hydrogen-bond donors (Lipinski definition) is 0. The Bertz CT molecular complexity index is 920. The molecule has 0 aliphatic carbocycles. The van der Waals surface area contributed by atoms with Gasteiger partial charge in [0.25, 0.3) is 4.84 Å². The van der Waals surface area contributed by atoms with Crippen molar-refractivity contribution in [2.24, 2.45) is 0 Å². The first-order chi connectivity index (χ1) is 12.4. The molecule has 3 rings (SSSR count). The highest BCUT2D eigenvalue weighted by Crippen LogP contribution is 2.21. The first-order valence-electron chi connectivity index (χ1n) is 7.94. The van der Waals surface area contributed by atoms with E-state index in [2.05, 4.69) is 25.9 Å². The van der Waals surface area contributed by atoms with Crippen molar-refractivity contribution in [3.05, 3.63) is 39.5 Å². The van der Waals surface area contributed by atoms with Gasteiger partial charge in [0.1, 0.15) is 0 Å². The Kier molecular flexibility index (Phi) is 6.57. The minimum Gasteiger partial charge on any atom is -0.413 e. The fraction of sp³-hybridized carbons (Fsp3) is 0.467. The molecule has 0 radical (unpaired) electrons. The van der Waals surface area contributed by atoms with Crippen molar-refractivity contribution in [1.82, 2.24) is 19.0 Å². The lowest BCUT2D eigenvalue weighted by Crippen LogP contribution is -2.48. The zero-order chi connectivity index (χ0) is 18.7. The van der Waals surface area contributed by atoms with E-state index >= 15 is 0 Å². The molecule has 142 valence electrons. The van der Waals surface area contributed by atoms with E-state index in [1.165, 1.54) is 4.31 Å². The number of rotatable bonds is 6. The smallest absolute Gasteiger partial charge is 0.288 e. The monoisotopic (exact) mass is 478 g/mol. The summed E-state index contributed by atoms with van der Waals surface area (Å²) in [5.74, 6) is 1.29. The number of benzene rings is 1. The van der Waals surface area contributed by atoms with Gasteiger partial charge >= 0.3 is 0 Å². The zero-order valence-corrected chi connectivity index (χ0v) is 18.2. The molecule has 7 nitrogen and oxygen atoms in total. The molecule has 0 saturated carbocycles. The Morgan fingerprint density at radius 3 is 2.69 bits per heavy atom. The van der Waals surface area contributed by atoms with Gasteiger partial charge in [-0.15, -0.1) is 5.10 Å². The highest BCUT2D eigenvalue weighted by Gasteiger charge is 2.28. The van der Waals surface area contributed by atoms with Gasteiger partial charge in [-0.25, -0.2) is 13.1 Å². The molecule has 1 fully saturated rings. The molecule has 0 unspecified atom stereocenters. The van der Waals surface area contributed by atoms with Crippen molar-refractivity contribution in [1.29, 1.82) is 0 Å². The van der Waals surface area contributed by atoms with E-state index < -0.39 is 10.0 Å². The number of halogens is 1. The standard InChI is InChI=1S/C15H19BrN4O3S3/c1-25-10-14-17-20(15(24)23-14)11-18-5-7-19(8-6-18)26(21,22)13-4-2-3-12(16)9-13/h2-4,9H,5-8,10-11H2,1H3. The second kappa shape index (κ2) is 8.53. The Labute approximate surface area is 170 Å². The summed E-state index contributed by atoms with van der Waals surface area (Å²) in [6.45, 7) is 2.58. The molecule has 11 heteroatoms. The van der Waals surface area contributed by atoms with E-state index in [-0.39, 0.29) is 0 Å². The van der Waals surface area contributed by atoms with Gasteiger partial charge in [-0.05, 0) is 36.7 Å². The molecule has 1 aromatic carbocycles. The second-order valence-electron chi connectivity index (χ2n) is 5.82. The van der Waals surface area contributed by atoms with Crippen LogP contribution in [0.2, 0.25) is 0 Å². The minimum absolute atomic E-state index is 0.306. The number of thioether (sulfide) groups is 1. The van der Waals surface area contributed by atoms with Crippen LogP contribution in [0.15, 0.2) is 38.1 Å². The Balaban J connectivity index is 1.63. The average molecular weight is 479 g/mol. The van der Waals surface area contributed by atoms with Crippen LogP contribution < -0.4 is 0 Å². The zero-order valence-electron chi connectivity index (χ0n) is 14.2. The van der Waals surface area contributed by atoms with Crippen LogP contribution >= 0.6 is 39.9 Å². The predicted molar refractivity (Wildman–Crippen MR) is 107 cm³/mol. The number of sulfonamides is 1. The Morgan fingerprint density at radius 1 is 1.31 bits per heavy atom. The van der Waals surface area contributed by atoms with Crippen LogP contribution in [-0.2, 0) is 22.4 Å². The highest BCUT2D eigenvalue weighted by molar-refractivity contribution is 9.10. The van der Waals surface area contributed by atoms with Crippen molar-refractivity contribution in [2.45, 2.75) is 17.3 Å². The lowest BCUT2D eigenvalue weighted by atomic mass is 10.4. The molecule has 1 aromatic heterocycles. The van der Waals surface area contributed by atoms with Crippen LogP contribution in [0.5, 0.6) is 0 Å². The van der Waals surface area contributed by atoms with Crippen molar-refractivity contribution >= 4 is 49.9 Å². The molecule has 0 atom stereocenters. The van der Waals surface area contributed by atoms with Crippen molar-refractivity contribution in [2.75, 3.05) is 32.4 Å². The molecule has 2 heterocycles. The Hall–Kier alpha value is -0.720. The lowest BCUT2D eigenvalue weighted by molar-refractivity contribution is 0.143. The average Bonchev–Trinajstić information content (AvgIpc) is 2.95. The first kappa shape index (κ1) is 20.0. The summed E-state index contributed by atoms with van der Waals surface area (Å²) in [7, 11) is -3.48. The summed E-state index contributed by atoms with van der Waals surface area (Å²) in [6.07, 6.45) is 1.97. The van der Waals surface area contributed by atoms with Crippen LogP contribution in [0.3, 0.4) is 0 Å². The summed E-state index contributed by atoms with van der Waals surface area (Å²) >= 11 is 10.1. The van der Waals surface area contributed by atoms with Crippen LogP contribution in [0.4, 0.5) is 0 Å². The Morgan fingerprint density at radius 2 is 2.04 bits per heavy atom. The highest BCUT2D eigenvalue weighted by atomic mass is 79.9. The van der Waals surface area contributed by atoms with Gasteiger partial charge in [-0.2, -0.15) is 16.1 Å².